The van der Waals surface area contributed by atoms with Crippen LogP contribution in [0.15, 0.2) is 30.3 Å². The summed E-state index contributed by atoms with van der Waals surface area (Å²) in [7, 11) is 0. The number of thiophene rings is 1. The summed E-state index contributed by atoms with van der Waals surface area (Å²) < 4.78 is 18.9. The fourth-order valence-electron chi connectivity index (χ4n) is 1.86. The minimum Gasteiger partial charge on any atom is -0.444 e. The highest BCUT2D eigenvalue weighted by atomic mass is 32.1. The largest absolute Gasteiger partial charge is 0.444 e. The second kappa shape index (κ2) is 7.00. The van der Waals surface area contributed by atoms with E-state index in [0.29, 0.717) is 10.6 Å². The number of carbonyl (C=O) groups excluding carboxylic acids is 2. The van der Waals surface area contributed by atoms with Gasteiger partial charge in [-0.25, -0.2) is 9.18 Å². The number of halogens is 1. The quantitative estimate of drug-likeness (QED) is 0.836. The fraction of sp³-hybridized carbons (Fsp3) is 0.294. The molecular weight excluding hydrogens is 331 g/mol. The van der Waals surface area contributed by atoms with Gasteiger partial charge in [-0.3, -0.25) is 10.1 Å². The lowest BCUT2D eigenvalue weighted by atomic mass is 10.2. The van der Waals surface area contributed by atoms with Gasteiger partial charge in [0.05, 0.1) is 10.6 Å². The third kappa shape index (κ3) is 5.06. The van der Waals surface area contributed by atoms with Crippen molar-refractivity contribution < 1.29 is 18.7 Å². The van der Waals surface area contributed by atoms with E-state index in [4.69, 9.17) is 4.74 Å². The van der Waals surface area contributed by atoms with E-state index in [-0.39, 0.29) is 11.6 Å². The van der Waals surface area contributed by atoms with Crippen LogP contribution in [0.25, 0.3) is 0 Å². The molecule has 0 atom stereocenters. The first-order valence-electron chi connectivity index (χ1n) is 7.31. The molecule has 128 valence electrons. The molecule has 0 bridgehead atoms. The molecule has 1 aromatic carbocycles. The molecule has 0 saturated carbocycles. The zero-order valence-electron chi connectivity index (χ0n) is 13.9. The second-order valence-electron chi connectivity index (χ2n) is 6.19. The van der Waals surface area contributed by atoms with Gasteiger partial charge < -0.3 is 10.1 Å². The Balaban J connectivity index is 2.10. The molecule has 0 spiro atoms. The second-order valence-corrected chi connectivity index (χ2v) is 7.47. The Bertz CT molecular complexity index is 765. The van der Waals surface area contributed by atoms with Gasteiger partial charge in [0.15, 0.2) is 0 Å². The molecule has 1 heterocycles. The van der Waals surface area contributed by atoms with Crippen molar-refractivity contribution in [1.82, 2.24) is 0 Å². The van der Waals surface area contributed by atoms with Crippen molar-refractivity contribution in [3.05, 3.63) is 45.9 Å². The van der Waals surface area contributed by atoms with Crippen molar-refractivity contribution in [2.45, 2.75) is 33.3 Å². The molecule has 0 aliphatic heterocycles. The highest BCUT2D eigenvalue weighted by Gasteiger charge is 2.18. The van der Waals surface area contributed by atoms with E-state index in [1.54, 1.807) is 26.8 Å². The molecule has 0 fully saturated rings. The predicted molar refractivity (Wildman–Crippen MR) is 93.3 cm³/mol. The Hall–Kier alpha value is -2.41. The first kappa shape index (κ1) is 17.9. The van der Waals surface area contributed by atoms with Crippen LogP contribution in [0.1, 0.15) is 35.3 Å². The first-order chi connectivity index (χ1) is 11.1. The van der Waals surface area contributed by atoms with Gasteiger partial charge in [0.25, 0.3) is 5.91 Å². The number of amides is 2. The summed E-state index contributed by atoms with van der Waals surface area (Å²) in [6.45, 7) is 7.04. The number of aryl methyl sites for hydroxylation is 1. The highest BCUT2D eigenvalue weighted by Crippen LogP contribution is 2.22. The smallest absolute Gasteiger partial charge is 0.412 e. The number of anilines is 2. The molecule has 0 saturated heterocycles. The fourth-order valence-corrected chi connectivity index (χ4v) is 2.62. The number of rotatable bonds is 3. The van der Waals surface area contributed by atoms with Gasteiger partial charge in [0, 0.05) is 10.6 Å². The van der Waals surface area contributed by atoms with Gasteiger partial charge in [-0.15, -0.1) is 11.3 Å². The lowest BCUT2D eigenvalue weighted by molar-refractivity contribution is 0.0635. The number of hydrogen-bond donors (Lipinski definition) is 2. The van der Waals surface area contributed by atoms with Crippen molar-refractivity contribution in [2.75, 3.05) is 10.6 Å². The summed E-state index contributed by atoms with van der Waals surface area (Å²) in [6.07, 6.45) is -0.765. The number of hydrogen-bond acceptors (Lipinski definition) is 4. The molecule has 0 aliphatic carbocycles. The first-order valence-corrected chi connectivity index (χ1v) is 8.13. The lowest BCUT2D eigenvalue weighted by Crippen LogP contribution is -2.27. The molecule has 2 amide bonds. The van der Waals surface area contributed by atoms with Gasteiger partial charge in [0.2, 0.25) is 0 Å². The molecule has 2 rings (SSSR count). The molecular formula is C17H19FN2O3S. The maximum Gasteiger partial charge on any atom is 0.412 e. The topological polar surface area (TPSA) is 67.4 Å². The molecule has 2 aromatic rings. The average molecular weight is 350 g/mol. The Morgan fingerprint density at radius 2 is 1.83 bits per heavy atom. The zero-order chi connectivity index (χ0) is 17.9. The summed E-state index contributed by atoms with van der Waals surface area (Å²) in [4.78, 5) is 25.5. The standard InChI is InChI=1S/C17H19FN2O3S/c1-10-5-8-14(24-10)15(21)19-11-6-7-12(18)13(9-11)20-16(22)23-17(2,3)4/h5-9H,1-4H3,(H,19,21)(H,20,22). The van der Waals surface area contributed by atoms with Crippen molar-refractivity contribution in [1.29, 1.82) is 0 Å². The normalized spacial score (nSPS) is 11.0. The van der Waals surface area contributed by atoms with Gasteiger partial charge in [-0.05, 0) is 58.0 Å². The van der Waals surface area contributed by atoms with Crippen molar-refractivity contribution >= 4 is 34.7 Å². The van der Waals surface area contributed by atoms with Crippen LogP contribution < -0.4 is 10.6 Å². The maximum absolute atomic E-state index is 13.8. The van der Waals surface area contributed by atoms with Crippen LogP contribution in [0.5, 0.6) is 0 Å². The van der Waals surface area contributed by atoms with Crippen LogP contribution in [-0.2, 0) is 4.74 Å². The third-order valence-electron chi connectivity index (χ3n) is 2.82. The number of ether oxygens (including phenoxy) is 1. The summed E-state index contributed by atoms with van der Waals surface area (Å²) in [5.74, 6) is -0.909. The van der Waals surface area contributed by atoms with Crippen molar-refractivity contribution in [3.63, 3.8) is 0 Å². The molecule has 0 unspecified atom stereocenters. The van der Waals surface area contributed by atoms with E-state index in [0.717, 1.165) is 4.88 Å². The third-order valence-corrected chi connectivity index (χ3v) is 3.82. The molecule has 7 heteroatoms. The Morgan fingerprint density at radius 1 is 1.12 bits per heavy atom. The summed E-state index contributed by atoms with van der Waals surface area (Å²) in [5.41, 5.74) is -0.383. The molecule has 0 radical (unpaired) electrons. The molecule has 5 nitrogen and oxygen atoms in total. The van der Waals surface area contributed by atoms with Crippen molar-refractivity contribution in [3.8, 4) is 0 Å². The minimum absolute atomic E-state index is 0.0654. The maximum atomic E-state index is 13.8. The SMILES string of the molecule is Cc1ccc(C(=O)Nc2ccc(F)c(NC(=O)OC(C)(C)C)c2)s1. The lowest BCUT2D eigenvalue weighted by Gasteiger charge is -2.20. The Labute approximate surface area is 143 Å². The summed E-state index contributed by atoms with van der Waals surface area (Å²) in [5, 5.41) is 5.01. The van der Waals surface area contributed by atoms with Crippen molar-refractivity contribution in [2.24, 2.45) is 0 Å². The monoisotopic (exact) mass is 350 g/mol. The van der Waals surface area contributed by atoms with Crippen LogP contribution in [0.4, 0.5) is 20.6 Å². The summed E-state index contributed by atoms with van der Waals surface area (Å²) in [6, 6.07) is 7.51. The van der Waals surface area contributed by atoms with E-state index in [1.807, 2.05) is 13.0 Å². The van der Waals surface area contributed by atoms with Gasteiger partial charge in [-0.1, -0.05) is 0 Å². The number of nitrogens with one attached hydrogen (secondary N) is 2. The van der Waals surface area contributed by atoms with E-state index < -0.39 is 17.5 Å². The van der Waals surface area contributed by atoms with Gasteiger partial charge >= 0.3 is 6.09 Å². The molecule has 2 N–H and O–H groups in total. The minimum atomic E-state index is -0.765. The van der Waals surface area contributed by atoms with Crippen LogP contribution in [0, 0.1) is 12.7 Å². The summed E-state index contributed by atoms with van der Waals surface area (Å²) >= 11 is 1.36. The van der Waals surface area contributed by atoms with E-state index in [2.05, 4.69) is 10.6 Å². The van der Waals surface area contributed by atoms with Crippen LogP contribution in [0.3, 0.4) is 0 Å². The van der Waals surface area contributed by atoms with E-state index in [9.17, 15) is 14.0 Å². The number of carbonyl (C=O) groups is 2. The van der Waals surface area contributed by atoms with E-state index in [1.165, 1.54) is 29.5 Å². The van der Waals surface area contributed by atoms with Gasteiger partial charge in [0.1, 0.15) is 11.4 Å². The van der Waals surface area contributed by atoms with Crippen LogP contribution in [0.2, 0.25) is 0 Å². The van der Waals surface area contributed by atoms with E-state index >= 15 is 0 Å². The van der Waals surface area contributed by atoms with Gasteiger partial charge in [-0.2, -0.15) is 0 Å². The molecule has 24 heavy (non-hydrogen) atoms. The number of benzene rings is 1. The Morgan fingerprint density at radius 3 is 2.42 bits per heavy atom. The highest BCUT2D eigenvalue weighted by molar-refractivity contribution is 7.14. The average Bonchev–Trinajstić information content (AvgIpc) is 2.87. The molecule has 0 aliphatic rings. The predicted octanol–water partition coefficient (Wildman–Crippen LogP) is 4.79. The Kier molecular flexibility index (Phi) is 5.23. The zero-order valence-corrected chi connectivity index (χ0v) is 14.7. The van der Waals surface area contributed by atoms with Crippen LogP contribution >= 0.6 is 11.3 Å². The molecule has 1 aromatic heterocycles. The van der Waals surface area contributed by atoms with Crippen LogP contribution in [-0.4, -0.2) is 17.6 Å².